The molecular formula is C40H48N12O3. The average Bonchev–Trinajstić information content (AvgIpc) is 3.72. The van der Waals surface area contributed by atoms with Gasteiger partial charge in [-0.2, -0.15) is 20.4 Å². The number of hydrogen-bond acceptors (Lipinski definition) is 13. The Morgan fingerprint density at radius 2 is 1.22 bits per heavy atom. The first-order valence-corrected chi connectivity index (χ1v) is 18.4. The number of methoxy groups -OCH3 is 1. The third kappa shape index (κ3) is 8.10. The maximum atomic E-state index is 6.29. The number of nitrogens with zero attached hydrogens (tertiary/aromatic N) is 10. The van der Waals surface area contributed by atoms with Gasteiger partial charge in [-0.25, -0.2) is 9.97 Å². The van der Waals surface area contributed by atoms with Gasteiger partial charge in [0, 0.05) is 18.6 Å². The van der Waals surface area contributed by atoms with E-state index in [2.05, 4.69) is 70.6 Å². The highest BCUT2D eigenvalue weighted by Gasteiger charge is 2.21. The van der Waals surface area contributed by atoms with Gasteiger partial charge in [0.25, 0.3) is 0 Å². The van der Waals surface area contributed by atoms with Crippen molar-refractivity contribution in [3.63, 3.8) is 0 Å². The standard InChI is InChI=1S/C24H28N6O2.C16H20N6O/c1-6-32-24-19(11-12-26-28-24)20-13-21(25-14-17-7-9-18(31-5)10-8-17)23-22(27-20)16(4)29-30(23)15(2)3;1-5-23-16-11(6-7-18-20-16)13-8-12(17)15-14(19-13)10(4)21-22(15)9(2)3/h7-13,15H,6,14H2,1-5H3,(H,25,27);6-9H,5H2,1-4H3,(H2,17,19). The van der Waals surface area contributed by atoms with Gasteiger partial charge in [0.1, 0.15) is 27.8 Å². The van der Waals surface area contributed by atoms with Crippen molar-refractivity contribution in [2.75, 3.05) is 31.4 Å². The van der Waals surface area contributed by atoms with Gasteiger partial charge in [0.2, 0.25) is 11.8 Å². The Bertz CT molecular complexity index is 2400. The Hall–Kier alpha value is -6.38. The molecule has 6 heterocycles. The molecule has 0 fully saturated rings. The molecule has 0 saturated heterocycles. The summed E-state index contributed by atoms with van der Waals surface area (Å²) in [7, 11) is 1.67. The lowest BCUT2D eigenvalue weighted by Gasteiger charge is -2.15. The Labute approximate surface area is 320 Å². The number of aryl methyl sites for hydroxylation is 2. The molecule has 55 heavy (non-hydrogen) atoms. The number of rotatable bonds is 12. The monoisotopic (exact) mass is 744 g/mol. The van der Waals surface area contributed by atoms with Gasteiger partial charge < -0.3 is 25.3 Å². The van der Waals surface area contributed by atoms with Crippen molar-refractivity contribution >= 4 is 33.4 Å². The lowest BCUT2D eigenvalue weighted by atomic mass is 10.1. The largest absolute Gasteiger partial charge is 0.497 e. The van der Waals surface area contributed by atoms with E-state index in [1.165, 1.54) is 0 Å². The highest BCUT2D eigenvalue weighted by atomic mass is 16.5. The van der Waals surface area contributed by atoms with E-state index in [4.69, 9.17) is 35.0 Å². The number of pyridine rings is 2. The van der Waals surface area contributed by atoms with Gasteiger partial charge in [-0.05, 0) is 97.4 Å². The fourth-order valence-electron chi connectivity index (χ4n) is 6.20. The van der Waals surface area contributed by atoms with Crippen LogP contribution < -0.4 is 25.3 Å². The minimum atomic E-state index is 0.196. The zero-order chi connectivity index (χ0) is 39.2. The van der Waals surface area contributed by atoms with E-state index >= 15 is 0 Å². The molecule has 15 nitrogen and oxygen atoms in total. The highest BCUT2D eigenvalue weighted by Crippen LogP contribution is 2.35. The van der Waals surface area contributed by atoms with E-state index in [1.807, 2.05) is 73.5 Å². The van der Waals surface area contributed by atoms with Crippen molar-refractivity contribution in [3.8, 4) is 40.0 Å². The van der Waals surface area contributed by atoms with Crippen LogP contribution in [0.2, 0.25) is 0 Å². The van der Waals surface area contributed by atoms with Crippen molar-refractivity contribution in [3.05, 3.63) is 77.9 Å². The maximum Gasteiger partial charge on any atom is 0.242 e. The molecular weight excluding hydrogens is 697 g/mol. The third-order valence-electron chi connectivity index (χ3n) is 8.78. The van der Waals surface area contributed by atoms with Crippen LogP contribution in [0.1, 0.15) is 70.6 Å². The highest BCUT2D eigenvalue weighted by molar-refractivity contribution is 5.93. The number of hydrogen-bond donors (Lipinski definition) is 2. The van der Waals surface area contributed by atoms with Crippen LogP contribution in [0.15, 0.2) is 60.9 Å². The summed E-state index contributed by atoms with van der Waals surface area (Å²) in [4.78, 5) is 9.68. The summed E-state index contributed by atoms with van der Waals surface area (Å²) < 4.78 is 20.4. The number of ether oxygens (including phenoxy) is 3. The van der Waals surface area contributed by atoms with E-state index in [0.29, 0.717) is 42.9 Å². The zero-order valence-corrected chi connectivity index (χ0v) is 32.8. The summed E-state index contributed by atoms with van der Waals surface area (Å²) in [6.07, 6.45) is 3.27. The number of fused-ring (bicyclic) bond motifs is 2. The summed E-state index contributed by atoms with van der Waals surface area (Å²) in [5.41, 5.74) is 17.3. The van der Waals surface area contributed by atoms with E-state index in [1.54, 1.807) is 19.5 Å². The zero-order valence-electron chi connectivity index (χ0n) is 32.8. The maximum absolute atomic E-state index is 6.29. The van der Waals surface area contributed by atoms with Gasteiger partial charge in [-0.15, -0.1) is 10.2 Å². The summed E-state index contributed by atoms with van der Waals surface area (Å²) in [5.74, 6) is 1.76. The average molecular weight is 745 g/mol. The summed E-state index contributed by atoms with van der Waals surface area (Å²) in [6.45, 7) is 17.8. The van der Waals surface area contributed by atoms with Crippen molar-refractivity contribution in [1.82, 2.24) is 49.9 Å². The summed E-state index contributed by atoms with van der Waals surface area (Å²) >= 11 is 0. The smallest absolute Gasteiger partial charge is 0.242 e. The number of nitrogens with two attached hydrogens (primary N) is 1. The van der Waals surface area contributed by atoms with Crippen molar-refractivity contribution in [1.29, 1.82) is 0 Å². The second kappa shape index (κ2) is 16.7. The van der Waals surface area contributed by atoms with Crippen LogP contribution >= 0.6 is 0 Å². The van der Waals surface area contributed by atoms with Crippen LogP contribution in [0.5, 0.6) is 17.5 Å². The molecule has 0 bridgehead atoms. The molecule has 0 saturated carbocycles. The number of nitrogen functional groups attached to an aromatic ring is 1. The normalized spacial score (nSPS) is 11.3. The van der Waals surface area contributed by atoms with Crippen LogP contribution in [-0.4, -0.2) is 70.2 Å². The van der Waals surface area contributed by atoms with E-state index < -0.39 is 0 Å². The molecule has 7 rings (SSSR count). The van der Waals surface area contributed by atoms with Crippen molar-refractivity contribution in [2.24, 2.45) is 0 Å². The topological polar surface area (TPSA) is 179 Å². The lowest BCUT2D eigenvalue weighted by molar-refractivity contribution is 0.324. The Balaban J connectivity index is 0.000000197. The third-order valence-corrected chi connectivity index (χ3v) is 8.78. The van der Waals surface area contributed by atoms with E-state index in [-0.39, 0.29) is 12.1 Å². The number of aromatic nitrogens is 10. The minimum absolute atomic E-state index is 0.196. The van der Waals surface area contributed by atoms with Gasteiger partial charge in [0.05, 0.1) is 78.0 Å². The van der Waals surface area contributed by atoms with Crippen LogP contribution in [0.25, 0.3) is 44.6 Å². The second-order valence-corrected chi connectivity index (χ2v) is 13.4. The van der Waals surface area contributed by atoms with Crippen molar-refractivity contribution in [2.45, 2.75) is 74.0 Å². The molecule has 3 N–H and O–H groups in total. The molecule has 0 aliphatic carbocycles. The lowest BCUT2D eigenvalue weighted by Crippen LogP contribution is -2.07. The van der Waals surface area contributed by atoms with Crippen LogP contribution in [0, 0.1) is 13.8 Å². The molecule has 15 heteroatoms. The molecule has 1 aromatic carbocycles. The van der Waals surface area contributed by atoms with Crippen LogP contribution in [0.4, 0.5) is 11.4 Å². The molecule has 0 aliphatic rings. The summed E-state index contributed by atoms with van der Waals surface area (Å²) in [6, 6.07) is 16.0. The molecule has 0 radical (unpaired) electrons. The molecule has 6 aromatic heterocycles. The molecule has 0 unspecified atom stereocenters. The minimum Gasteiger partial charge on any atom is -0.497 e. The van der Waals surface area contributed by atoms with Crippen molar-refractivity contribution < 1.29 is 14.2 Å². The van der Waals surface area contributed by atoms with E-state index in [9.17, 15) is 0 Å². The first-order valence-electron chi connectivity index (χ1n) is 18.4. The Morgan fingerprint density at radius 3 is 1.73 bits per heavy atom. The number of anilines is 2. The predicted octanol–water partition coefficient (Wildman–Crippen LogP) is 7.56. The first-order chi connectivity index (χ1) is 26.5. The SMILES string of the molecule is CCOc1nnccc1-c1cc(N)c2c(n1)c(C)nn2C(C)C.CCOc1nnccc1-c1cc(NCc2ccc(OC)cc2)c2c(n1)c(C)nn2C(C)C. The van der Waals surface area contributed by atoms with Gasteiger partial charge in [0.15, 0.2) is 0 Å². The summed E-state index contributed by atoms with van der Waals surface area (Å²) in [5, 5.41) is 28.9. The molecule has 7 aromatic rings. The van der Waals surface area contributed by atoms with Gasteiger partial charge in [-0.3, -0.25) is 9.36 Å². The molecule has 0 amide bonds. The molecule has 0 spiro atoms. The number of benzene rings is 1. The second-order valence-electron chi connectivity index (χ2n) is 13.4. The van der Waals surface area contributed by atoms with E-state index in [0.717, 1.165) is 67.3 Å². The quantitative estimate of drug-likeness (QED) is 0.125. The molecule has 0 atom stereocenters. The fourth-order valence-corrected chi connectivity index (χ4v) is 6.20. The molecule has 0 aliphatic heterocycles. The number of nitrogens with one attached hydrogen (secondary N) is 1. The van der Waals surface area contributed by atoms with Gasteiger partial charge >= 0.3 is 0 Å². The van der Waals surface area contributed by atoms with Crippen LogP contribution in [0.3, 0.4) is 0 Å². The Morgan fingerprint density at radius 1 is 0.709 bits per heavy atom. The van der Waals surface area contributed by atoms with Gasteiger partial charge in [-0.1, -0.05) is 12.1 Å². The molecule has 286 valence electrons. The fraction of sp³-hybridized carbons (Fsp3) is 0.350. The van der Waals surface area contributed by atoms with Crippen LogP contribution in [-0.2, 0) is 6.54 Å². The Kier molecular flexibility index (Phi) is 11.7. The first kappa shape index (κ1) is 38.3. The predicted molar refractivity (Wildman–Crippen MR) is 214 cm³/mol.